The summed E-state index contributed by atoms with van der Waals surface area (Å²) in [5.74, 6) is -1.64. The highest BCUT2D eigenvalue weighted by Crippen LogP contribution is 2.44. The van der Waals surface area contributed by atoms with Crippen molar-refractivity contribution in [1.29, 1.82) is 0 Å². The van der Waals surface area contributed by atoms with E-state index in [4.69, 9.17) is 9.47 Å². The van der Waals surface area contributed by atoms with Crippen molar-refractivity contribution in [3.8, 4) is 11.1 Å². The molecule has 0 bridgehead atoms. The van der Waals surface area contributed by atoms with Crippen LogP contribution in [0.5, 0.6) is 0 Å². The highest BCUT2D eigenvalue weighted by Gasteiger charge is 2.40. The first-order valence-corrected chi connectivity index (χ1v) is 11.1. The maximum Gasteiger partial charge on any atom is 0.407 e. The Kier molecular flexibility index (Phi) is 6.65. The van der Waals surface area contributed by atoms with Crippen molar-refractivity contribution in [2.45, 2.75) is 43.9 Å². The minimum Gasteiger partial charge on any atom is -0.480 e. The molecule has 174 valence electrons. The number of amides is 2. The van der Waals surface area contributed by atoms with Crippen LogP contribution in [-0.2, 0) is 19.1 Å². The number of likely N-dealkylation sites (tertiary alicyclic amines) is 1. The van der Waals surface area contributed by atoms with Crippen LogP contribution in [0, 0.1) is 0 Å². The number of methoxy groups -OCH3 is 1. The Morgan fingerprint density at radius 1 is 1.09 bits per heavy atom. The van der Waals surface area contributed by atoms with Crippen LogP contribution < -0.4 is 5.32 Å². The molecule has 4 rings (SSSR count). The summed E-state index contributed by atoms with van der Waals surface area (Å²) in [5, 5.41) is 12.0. The number of benzene rings is 2. The van der Waals surface area contributed by atoms with Crippen LogP contribution in [0.1, 0.15) is 36.8 Å². The second-order valence-corrected chi connectivity index (χ2v) is 8.42. The fraction of sp³-hybridized carbons (Fsp3) is 0.400. The Balaban J connectivity index is 1.46. The Labute approximate surface area is 192 Å². The molecule has 3 atom stereocenters. The Bertz CT molecular complexity index is 1010. The smallest absolute Gasteiger partial charge is 0.407 e. The van der Waals surface area contributed by atoms with Crippen molar-refractivity contribution in [3.05, 3.63) is 59.7 Å². The lowest BCUT2D eigenvalue weighted by Crippen LogP contribution is -2.56. The lowest BCUT2D eigenvalue weighted by molar-refractivity contribution is -0.150. The fourth-order valence-corrected chi connectivity index (χ4v) is 4.75. The summed E-state index contributed by atoms with van der Waals surface area (Å²) in [5.41, 5.74) is 4.42. The molecule has 2 N–H and O–H groups in total. The molecule has 0 spiro atoms. The zero-order valence-corrected chi connectivity index (χ0v) is 18.7. The first-order chi connectivity index (χ1) is 15.9. The van der Waals surface area contributed by atoms with Gasteiger partial charge in [0.05, 0.1) is 6.10 Å². The van der Waals surface area contributed by atoms with E-state index in [0.717, 1.165) is 22.3 Å². The Morgan fingerprint density at radius 3 is 2.27 bits per heavy atom. The van der Waals surface area contributed by atoms with Gasteiger partial charge in [0.2, 0.25) is 5.91 Å². The van der Waals surface area contributed by atoms with E-state index in [2.05, 4.69) is 17.4 Å². The lowest BCUT2D eigenvalue weighted by atomic mass is 9.98. The van der Waals surface area contributed by atoms with Gasteiger partial charge < -0.3 is 24.8 Å². The predicted octanol–water partition coefficient (Wildman–Crippen LogP) is 3.00. The van der Waals surface area contributed by atoms with E-state index in [1.807, 2.05) is 36.4 Å². The van der Waals surface area contributed by atoms with Gasteiger partial charge in [0, 0.05) is 19.6 Å². The van der Waals surface area contributed by atoms with Gasteiger partial charge in [-0.15, -0.1) is 0 Å². The van der Waals surface area contributed by atoms with Gasteiger partial charge in [0.1, 0.15) is 18.7 Å². The number of carboxylic acids is 1. The van der Waals surface area contributed by atoms with Crippen LogP contribution in [0.25, 0.3) is 11.1 Å². The van der Waals surface area contributed by atoms with Crippen molar-refractivity contribution in [1.82, 2.24) is 10.2 Å². The van der Waals surface area contributed by atoms with Crippen molar-refractivity contribution < 1.29 is 29.0 Å². The lowest BCUT2D eigenvalue weighted by Gasteiger charge is -2.29. The summed E-state index contributed by atoms with van der Waals surface area (Å²) in [6.45, 7) is 2.09. The monoisotopic (exact) mass is 452 g/mol. The van der Waals surface area contributed by atoms with E-state index < -0.39 is 36.2 Å². The molecule has 2 aromatic rings. The van der Waals surface area contributed by atoms with Gasteiger partial charge in [-0.05, 0) is 42.0 Å². The molecule has 0 aromatic heterocycles. The van der Waals surface area contributed by atoms with Gasteiger partial charge in [0.25, 0.3) is 0 Å². The first kappa shape index (κ1) is 22.8. The molecule has 1 aliphatic carbocycles. The van der Waals surface area contributed by atoms with E-state index >= 15 is 0 Å². The van der Waals surface area contributed by atoms with Crippen LogP contribution in [0.3, 0.4) is 0 Å². The maximum atomic E-state index is 13.1. The number of carboxylic acid groups (broad SMARTS) is 1. The number of carbonyl (C=O) groups is 3. The minimum absolute atomic E-state index is 0.105. The molecule has 0 radical (unpaired) electrons. The molecule has 1 aliphatic heterocycles. The number of hydrogen-bond acceptors (Lipinski definition) is 5. The molecule has 2 unspecified atom stereocenters. The summed E-state index contributed by atoms with van der Waals surface area (Å²) in [6, 6.07) is 14.1. The average molecular weight is 453 g/mol. The van der Waals surface area contributed by atoms with Crippen molar-refractivity contribution in [2.24, 2.45) is 0 Å². The third-order valence-electron chi connectivity index (χ3n) is 6.55. The Morgan fingerprint density at radius 2 is 1.70 bits per heavy atom. The maximum absolute atomic E-state index is 13.1. The Hall–Kier alpha value is -3.39. The molecule has 2 aliphatic rings. The molecule has 8 heteroatoms. The van der Waals surface area contributed by atoms with E-state index in [0.29, 0.717) is 19.4 Å². The third-order valence-corrected chi connectivity index (χ3v) is 6.55. The molecule has 8 nitrogen and oxygen atoms in total. The van der Waals surface area contributed by atoms with Crippen molar-refractivity contribution in [3.63, 3.8) is 0 Å². The van der Waals surface area contributed by atoms with E-state index in [-0.39, 0.29) is 12.5 Å². The average Bonchev–Trinajstić information content (AvgIpc) is 3.44. The molecule has 1 saturated heterocycles. The number of nitrogens with one attached hydrogen (secondary N) is 1. The second-order valence-electron chi connectivity index (χ2n) is 8.42. The van der Waals surface area contributed by atoms with Crippen LogP contribution in [0.2, 0.25) is 0 Å². The van der Waals surface area contributed by atoms with Gasteiger partial charge >= 0.3 is 12.1 Å². The largest absolute Gasteiger partial charge is 0.480 e. The summed E-state index contributed by atoms with van der Waals surface area (Å²) in [4.78, 5) is 38.6. The predicted molar refractivity (Wildman–Crippen MR) is 121 cm³/mol. The minimum atomic E-state index is -1.05. The highest BCUT2D eigenvalue weighted by molar-refractivity contribution is 5.90. The number of ether oxygens (including phenoxy) is 2. The van der Waals surface area contributed by atoms with Gasteiger partial charge in [-0.3, -0.25) is 4.79 Å². The van der Waals surface area contributed by atoms with Crippen LogP contribution in [0.4, 0.5) is 4.79 Å². The molecule has 2 amide bonds. The molecule has 1 heterocycles. The summed E-state index contributed by atoms with van der Waals surface area (Å²) in [6.07, 6.45) is -0.417. The van der Waals surface area contributed by atoms with Gasteiger partial charge in [-0.2, -0.15) is 0 Å². The van der Waals surface area contributed by atoms with Crippen molar-refractivity contribution in [2.75, 3.05) is 20.3 Å². The quantitative estimate of drug-likeness (QED) is 0.669. The number of nitrogens with zero attached hydrogens (tertiary/aromatic N) is 1. The highest BCUT2D eigenvalue weighted by atomic mass is 16.5. The number of hydrogen-bond donors (Lipinski definition) is 2. The number of alkyl carbamates (subject to hydrolysis) is 1. The first-order valence-electron chi connectivity index (χ1n) is 11.1. The van der Waals surface area contributed by atoms with Crippen LogP contribution in [-0.4, -0.2) is 66.4 Å². The van der Waals surface area contributed by atoms with Gasteiger partial charge in [-0.25, -0.2) is 9.59 Å². The van der Waals surface area contributed by atoms with E-state index in [9.17, 15) is 19.5 Å². The molecular formula is C25H28N2O6. The zero-order chi connectivity index (χ0) is 23.5. The standard InChI is InChI=1S/C25H28N2O6/c1-15(32-2)22(23(28)27-13-7-12-21(27)24(29)30)26-25(31)33-14-20-18-10-5-3-8-16(18)17-9-4-6-11-19(17)20/h3-6,8-11,15,20-22H,7,12-14H2,1-2H3,(H,26,31)(H,29,30)/t15?,21-,22?/m1/s1. The molecular weight excluding hydrogens is 424 g/mol. The van der Waals surface area contributed by atoms with Crippen LogP contribution in [0.15, 0.2) is 48.5 Å². The fourth-order valence-electron chi connectivity index (χ4n) is 4.75. The summed E-state index contributed by atoms with van der Waals surface area (Å²) in [7, 11) is 1.43. The number of carbonyl (C=O) groups excluding carboxylic acids is 2. The number of fused-ring (bicyclic) bond motifs is 3. The number of rotatable bonds is 7. The van der Waals surface area contributed by atoms with Gasteiger partial charge in [-0.1, -0.05) is 48.5 Å². The zero-order valence-electron chi connectivity index (χ0n) is 18.7. The SMILES string of the molecule is COC(C)C(NC(=O)OCC1c2ccccc2-c2ccccc21)C(=O)N1CCC[C@@H]1C(=O)O. The van der Waals surface area contributed by atoms with E-state index in [1.165, 1.54) is 12.0 Å². The summed E-state index contributed by atoms with van der Waals surface area (Å²) >= 11 is 0. The second kappa shape index (κ2) is 9.62. The normalized spacial score (nSPS) is 18.8. The number of aliphatic carboxylic acids is 1. The van der Waals surface area contributed by atoms with E-state index in [1.54, 1.807) is 6.92 Å². The van der Waals surface area contributed by atoms with Crippen molar-refractivity contribution >= 4 is 18.0 Å². The summed E-state index contributed by atoms with van der Waals surface area (Å²) < 4.78 is 10.9. The topological polar surface area (TPSA) is 105 Å². The third kappa shape index (κ3) is 4.43. The molecule has 33 heavy (non-hydrogen) atoms. The van der Waals surface area contributed by atoms with Gasteiger partial charge in [0.15, 0.2) is 0 Å². The molecule has 0 saturated carbocycles. The van der Waals surface area contributed by atoms with Crippen LogP contribution >= 0.6 is 0 Å². The molecule has 1 fully saturated rings. The molecule has 2 aromatic carbocycles.